The highest BCUT2D eigenvalue weighted by atomic mass is 28.4. The van der Waals surface area contributed by atoms with Crippen molar-refractivity contribution in [3.8, 4) is 0 Å². The van der Waals surface area contributed by atoms with Crippen LogP contribution in [0.25, 0.3) is 0 Å². The molecule has 0 saturated heterocycles. The summed E-state index contributed by atoms with van der Waals surface area (Å²) in [5, 5.41) is 0. The molecule has 20 heavy (non-hydrogen) atoms. The average Bonchev–Trinajstić information content (AvgIpc) is 2.14. The first-order valence-corrected chi connectivity index (χ1v) is 17.9. The summed E-state index contributed by atoms with van der Waals surface area (Å²) < 4.78 is 2.76. The maximum atomic E-state index is 3.67. The van der Waals surface area contributed by atoms with Crippen LogP contribution in [0, 0.1) is 0 Å². The van der Waals surface area contributed by atoms with Crippen LogP contribution in [-0.2, 0) is 0 Å². The van der Waals surface area contributed by atoms with Gasteiger partial charge in [-0.25, -0.2) is 0 Å². The maximum Gasteiger partial charge on any atom is 0.144 e. The molecule has 1 aromatic carbocycles. The normalized spacial score (nSPS) is 13.2. The molecule has 0 aliphatic rings. The Bertz CT molecular complexity index is 422. The Morgan fingerprint density at radius 1 is 0.700 bits per heavy atom. The molecular weight excluding hydrogens is 292 g/mol. The third kappa shape index (κ3) is 5.10. The lowest BCUT2D eigenvalue weighted by Crippen LogP contribution is -2.59. The van der Waals surface area contributed by atoms with E-state index in [2.05, 4.69) is 92.4 Å². The van der Waals surface area contributed by atoms with Crippen molar-refractivity contribution in [2.45, 2.75) is 58.9 Å². The zero-order valence-electron chi connectivity index (χ0n) is 14.8. The van der Waals surface area contributed by atoms with Crippen LogP contribution in [0.5, 0.6) is 0 Å². The van der Waals surface area contributed by atoms with Crippen LogP contribution in [0.15, 0.2) is 24.3 Å². The Hall–Kier alpha value is -0.529. The van der Waals surface area contributed by atoms with Gasteiger partial charge in [-0.05, 0) is 24.3 Å². The van der Waals surface area contributed by atoms with Crippen LogP contribution in [0.1, 0.15) is 0 Å². The fourth-order valence-corrected chi connectivity index (χ4v) is 13.8. The minimum Gasteiger partial charge on any atom is -0.425 e. The van der Waals surface area contributed by atoms with Crippen molar-refractivity contribution in [1.29, 1.82) is 0 Å². The van der Waals surface area contributed by atoms with Crippen LogP contribution in [0.3, 0.4) is 0 Å². The lowest BCUT2D eigenvalue weighted by atomic mass is 10.3. The number of benzene rings is 1. The first-order chi connectivity index (χ1) is 8.81. The Balaban J connectivity index is 3.07. The molecule has 2 nitrogen and oxygen atoms in total. The van der Waals surface area contributed by atoms with Crippen molar-refractivity contribution in [3.63, 3.8) is 0 Å². The van der Waals surface area contributed by atoms with Crippen molar-refractivity contribution in [3.05, 3.63) is 24.3 Å². The largest absolute Gasteiger partial charge is 0.425 e. The molecule has 1 rings (SSSR count). The van der Waals surface area contributed by atoms with Gasteiger partial charge >= 0.3 is 0 Å². The first-order valence-electron chi connectivity index (χ1n) is 7.49. The minimum atomic E-state index is -1.34. The van der Waals surface area contributed by atoms with E-state index in [4.69, 9.17) is 0 Å². The van der Waals surface area contributed by atoms with Gasteiger partial charge in [-0.3, -0.25) is 0 Å². The molecule has 0 saturated carbocycles. The predicted molar refractivity (Wildman–Crippen MR) is 103 cm³/mol. The number of anilines is 2. The SMILES string of the molecule is C[Si](C)(C)Nc1ccc(N([Si](C)(C)C)[Si](C)(C)C)cc1. The zero-order valence-corrected chi connectivity index (χ0v) is 17.8. The fraction of sp³-hybridized carbons (Fsp3) is 0.600. The topological polar surface area (TPSA) is 15.3 Å². The van der Waals surface area contributed by atoms with Gasteiger partial charge in [0.25, 0.3) is 0 Å². The number of rotatable bonds is 5. The summed E-state index contributed by atoms with van der Waals surface area (Å²) in [5.41, 5.74) is 2.67. The van der Waals surface area contributed by atoms with Gasteiger partial charge in [0, 0.05) is 11.4 Å². The molecule has 5 heteroatoms. The van der Waals surface area contributed by atoms with Gasteiger partial charge in [0.05, 0.1) is 0 Å². The van der Waals surface area contributed by atoms with E-state index in [9.17, 15) is 0 Å². The second kappa shape index (κ2) is 5.69. The molecule has 0 heterocycles. The summed E-state index contributed by atoms with van der Waals surface area (Å²) in [6.07, 6.45) is 0. The molecule has 0 atom stereocenters. The molecule has 0 radical (unpaired) electrons. The number of nitrogens with one attached hydrogen (secondary N) is 1. The molecule has 0 amide bonds. The molecule has 0 aliphatic carbocycles. The predicted octanol–water partition coefficient (Wildman–Crippen LogP) is 5.41. The van der Waals surface area contributed by atoms with E-state index in [0.717, 1.165) is 0 Å². The van der Waals surface area contributed by atoms with Gasteiger partial charge in [-0.15, -0.1) is 0 Å². The Morgan fingerprint density at radius 2 is 1.10 bits per heavy atom. The van der Waals surface area contributed by atoms with E-state index >= 15 is 0 Å². The molecule has 0 unspecified atom stereocenters. The number of hydrogen-bond acceptors (Lipinski definition) is 2. The van der Waals surface area contributed by atoms with Crippen LogP contribution in [0.4, 0.5) is 11.4 Å². The Labute approximate surface area is 128 Å². The van der Waals surface area contributed by atoms with Gasteiger partial charge in [0.1, 0.15) is 24.7 Å². The van der Waals surface area contributed by atoms with Gasteiger partial charge in [0.2, 0.25) is 0 Å². The molecule has 0 bridgehead atoms. The monoisotopic (exact) mass is 324 g/mol. The van der Waals surface area contributed by atoms with Crippen molar-refractivity contribution in [2.75, 3.05) is 9.21 Å². The second-order valence-corrected chi connectivity index (χ2v) is 23.4. The molecule has 1 N–H and O–H groups in total. The Morgan fingerprint density at radius 3 is 1.40 bits per heavy atom. The van der Waals surface area contributed by atoms with E-state index in [1.54, 1.807) is 0 Å². The van der Waals surface area contributed by atoms with Crippen molar-refractivity contribution >= 4 is 36.1 Å². The standard InChI is InChI=1S/C15H32N2Si3/c1-18(2,3)16-14-10-12-15(13-11-14)17(19(4,5)6)20(7,8)9/h10-13,16H,1-9H3. The summed E-state index contributed by atoms with van der Waals surface area (Å²) in [6.45, 7) is 21.7. The summed E-state index contributed by atoms with van der Waals surface area (Å²) in [5.74, 6) is 0. The molecule has 0 aliphatic heterocycles. The van der Waals surface area contributed by atoms with E-state index in [0.29, 0.717) is 0 Å². The highest BCUT2D eigenvalue weighted by Gasteiger charge is 2.34. The second-order valence-electron chi connectivity index (χ2n) is 8.60. The van der Waals surface area contributed by atoms with Crippen LogP contribution < -0.4 is 9.21 Å². The quantitative estimate of drug-likeness (QED) is 0.728. The molecule has 0 fully saturated rings. The summed E-state index contributed by atoms with van der Waals surface area (Å²) in [7, 11) is -3.95. The van der Waals surface area contributed by atoms with Crippen molar-refractivity contribution in [1.82, 2.24) is 0 Å². The molecule has 0 aromatic heterocycles. The van der Waals surface area contributed by atoms with E-state index in [-0.39, 0.29) is 0 Å². The lowest BCUT2D eigenvalue weighted by Gasteiger charge is -2.46. The van der Waals surface area contributed by atoms with E-state index in [1.807, 2.05) is 0 Å². The molecule has 0 spiro atoms. The van der Waals surface area contributed by atoms with Crippen LogP contribution in [-0.4, -0.2) is 24.7 Å². The van der Waals surface area contributed by atoms with Crippen molar-refractivity contribution in [2.24, 2.45) is 0 Å². The molecule has 1 aromatic rings. The minimum absolute atomic E-state index is 1.26. The van der Waals surface area contributed by atoms with Gasteiger partial charge in [-0.1, -0.05) is 58.9 Å². The summed E-state index contributed by atoms with van der Waals surface area (Å²) >= 11 is 0. The van der Waals surface area contributed by atoms with Gasteiger partial charge in [0.15, 0.2) is 0 Å². The van der Waals surface area contributed by atoms with E-state index < -0.39 is 24.7 Å². The van der Waals surface area contributed by atoms with Crippen LogP contribution in [0.2, 0.25) is 58.9 Å². The van der Waals surface area contributed by atoms with Gasteiger partial charge < -0.3 is 9.21 Å². The van der Waals surface area contributed by atoms with Crippen molar-refractivity contribution < 1.29 is 0 Å². The lowest BCUT2D eigenvalue weighted by molar-refractivity contribution is 1.35. The zero-order chi connectivity index (χ0) is 15.8. The average molecular weight is 325 g/mol. The molecule has 114 valence electrons. The van der Waals surface area contributed by atoms with E-state index in [1.165, 1.54) is 11.4 Å². The number of nitrogens with zero attached hydrogens (tertiary/aromatic N) is 1. The summed E-state index contributed by atoms with van der Waals surface area (Å²) in [6, 6.07) is 9.11. The first kappa shape index (κ1) is 17.5. The number of hydrogen-bond donors (Lipinski definition) is 1. The van der Waals surface area contributed by atoms with Gasteiger partial charge in [-0.2, -0.15) is 0 Å². The fourth-order valence-electron chi connectivity index (χ4n) is 2.91. The smallest absolute Gasteiger partial charge is 0.144 e. The third-order valence-corrected chi connectivity index (χ3v) is 11.2. The highest BCUT2D eigenvalue weighted by Crippen LogP contribution is 2.29. The summed E-state index contributed by atoms with van der Waals surface area (Å²) in [4.78, 5) is 3.67. The van der Waals surface area contributed by atoms with Crippen LogP contribution >= 0.6 is 0 Å². The Kier molecular flexibility index (Phi) is 4.99. The third-order valence-electron chi connectivity index (χ3n) is 2.99. The highest BCUT2D eigenvalue weighted by molar-refractivity contribution is 6.99. The molecular formula is C15H32N2Si3. The maximum absolute atomic E-state index is 3.67.